The van der Waals surface area contributed by atoms with Crippen molar-refractivity contribution in [2.45, 2.75) is 6.42 Å². The maximum absolute atomic E-state index is 12.4. The fraction of sp³-hybridized carbons (Fsp3) is 0.0370. The quantitative estimate of drug-likeness (QED) is 0.176. The van der Waals surface area contributed by atoms with Gasteiger partial charge in [0.05, 0.1) is 10.6 Å². The fourth-order valence-corrected chi connectivity index (χ4v) is 3.67. The zero-order chi connectivity index (χ0) is 24.8. The van der Waals surface area contributed by atoms with Crippen LogP contribution in [0.1, 0.15) is 27.0 Å². The summed E-state index contributed by atoms with van der Waals surface area (Å²) in [5, 5.41) is 25.1. The molecule has 1 amide bonds. The number of nitrogens with zero attached hydrogens (tertiary/aromatic N) is 2. The molecule has 35 heavy (non-hydrogen) atoms. The molecule has 4 aromatic rings. The van der Waals surface area contributed by atoms with Gasteiger partial charge >= 0.3 is 5.69 Å². The van der Waals surface area contributed by atoms with E-state index in [9.17, 15) is 20.0 Å². The third-order valence-corrected chi connectivity index (χ3v) is 5.43. The second kappa shape index (κ2) is 10.6. The number of hydrogen-bond donors (Lipinski definition) is 2. The van der Waals surface area contributed by atoms with Gasteiger partial charge in [-0.05, 0) is 66.1 Å². The highest BCUT2D eigenvalue weighted by atomic mass is 35.5. The van der Waals surface area contributed by atoms with E-state index < -0.39 is 10.7 Å². The van der Waals surface area contributed by atoms with E-state index in [-0.39, 0.29) is 17.2 Å². The number of carbonyl (C=O) groups excluding carboxylic acids is 1. The van der Waals surface area contributed by atoms with Crippen molar-refractivity contribution in [3.8, 4) is 5.75 Å². The second-order valence-corrected chi connectivity index (χ2v) is 8.18. The van der Waals surface area contributed by atoms with Gasteiger partial charge in [0.15, 0.2) is 0 Å². The van der Waals surface area contributed by atoms with Crippen LogP contribution in [0.4, 0.5) is 17.1 Å². The summed E-state index contributed by atoms with van der Waals surface area (Å²) < 4.78 is 0. The summed E-state index contributed by atoms with van der Waals surface area (Å²) in [4.78, 5) is 27.6. The molecule has 0 saturated carbocycles. The van der Waals surface area contributed by atoms with Gasteiger partial charge in [-0.3, -0.25) is 19.9 Å². The lowest BCUT2D eigenvalue weighted by Gasteiger charge is -2.07. The van der Waals surface area contributed by atoms with Crippen LogP contribution >= 0.6 is 11.6 Å². The lowest BCUT2D eigenvalue weighted by molar-refractivity contribution is -0.385. The number of anilines is 1. The van der Waals surface area contributed by atoms with E-state index in [1.165, 1.54) is 12.3 Å². The number of phenolic OH excluding ortho intramolecular Hbond substituents is 1. The van der Waals surface area contributed by atoms with Gasteiger partial charge in [-0.2, -0.15) is 0 Å². The van der Waals surface area contributed by atoms with Crippen LogP contribution in [0.5, 0.6) is 5.75 Å². The molecule has 0 aliphatic heterocycles. The number of amides is 1. The summed E-state index contributed by atoms with van der Waals surface area (Å²) in [6.45, 7) is 0. The van der Waals surface area contributed by atoms with Crippen molar-refractivity contribution in [3.63, 3.8) is 0 Å². The van der Waals surface area contributed by atoms with Crippen LogP contribution in [0, 0.1) is 10.1 Å². The van der Waals surface area contributed by atoms with Gasteiger partial charge in [-0.1, -0.05) is 48.0 Å². The zero-order valence-electron chi connectivity index (χ0n) is 18.4. The van der Waals surface area contributed by atoms with Gasteiger partial charge in [-0.25, -0.2) is 0 Å². The third kappa shape index (κ3) is 6.10. The molecule has 4 aromatic carbocycles. The standard InChI is InChI=1S/C27H20ClN3O4/c28-22-8-4-7-20(16-22)27(33)30-24-11-9-23(10-12-24)29-17-21-14-19(13-18-5-2-1-3-6-18)15-25(26(21)32)31(34)35/h1-12,14-17,32H,13H2,(H,30,33). The summed E-state index contributed by atoms with van der Waals surface area (Å²) in [7, 11) is 0. The first-order chi connectivity index (χ1) is 16.9. The van der Waals surface area contributed by atoms with Crippen LogP contribution in [-0.4, -0.2) is 22.2 Å². The van der Waals surface area contributed by atoms with Crippen molar-refractivity contribution in [2.75, 3.05) is 5.32 Å². The fourth-order valence-electron chi connectivity index (χ4n) is 3.48. The molecule has 0 bridgehead atoms. The van der Waals surface area contributed by atoms with E-state index in [0.717, 1.165) is 5.56 Å². The molecule has 0 aromatic heterocycles. The van der Waals surface area contributed by atoms with Crippen LogP contribution in [0.25, 0.3) is 0 Å². The van der Waals surface area contributed by atoms with Crippen LogP contribution in [0.3, 0.4) is 0 Å². The highest BCUT2D eigenvalue weighted by molar-refractivity contribution is 6.31. The highest BCUT2D eigenvalue weighted by Crippen LogP contribution is 2.32. The monoisotopic (exact) mass is 485 g/mol. The number of carbonyl (C=O) groups is 1. The Labute approximate surface area is 206 Å². The zero-order valence-corrected chi connectivity index (χ0v) is 19.1. The molecule has 0 fully saturated rings. The Morgan fingerprint density at radius 1 is 0.971 bits per heavy atom. The molecular formula is C27H20ClN3O4. The number of aromatic hydroxyl groups is 1. The molecule has 0 spiro atoms. The van der Waals surface area contributed by atoms with Crippen LogP contribution in [0.2, 0.25) is 5.02 Å². The van der Waals surface area contributed by atoms with Crippen molar-refractivity contribution in [2.24, 2.45) is 4.99 Å². The van der Waals surface area contributed by atoms with Crippen LogP contribution in [0.15, 0.2) is 96.0 Å². The average molecular weight is 486 g/mol. The normalized spacial score (nSPS) is 10.9. The minimum atomic E-state index is -0.613. The summed E-state index contributed by atoms with van der Waals surface area (Å²) in [5.41, 5.74) is 3.08. The number of halogens is 1. The Morgan fingerprint density at radius 2 is 1.71 bits per heavy atom. The first-order valence-corrected chi connectivity index (χ1v) is 11.0. The summed E-state index contributed by atoms with van der Waals surface area (Å²) in [6, 6.07) is 26.0. The summed E-state index contributed by atoms with van der Waals surface area (Å²) >= 11 is 5.94. The molecule has 4 rings (SSSR count). The number of nitro benzene ring substituents is 1. The molecule has 0 aliphatic carbocycles. The largest absolute Gasteiger partial charge is 0.502 e. The Hall–Kier alpha value is -4.49. The number of nitrogens with one attached hydrogen (secondary N) is 1. The van der Waals surface area contributed by atoms with Crippen molar-refractivity contribution in [1.29, 1.82) is 0 Å². The van der Waals surface area contributed by atoms with Crippen LogP contribution < -0.4 is 5.32 Å². The second-order valence-electron chi connectivity index (χ2n) is 7.74. The minimum absolute atomic E-state index is 0.239. The van der Waals surface area contributed by atoms with Gasteiger partial charge < -0.3 is 10.4 Å². The van der Waals surface area contributed by atoms with Gasteiger partial charge in [0.2, 0.25) is 5.75 Å². The van der Waals surface area contributed by atoms with E-state index in [1.807, 2.05) is 30.3 Å². The highest BCUT2D eigenvalue weighted by Gasteiger charge is 2.18. The first-order valence-electron chi connectivity index (χ1n) is 10.6. The number of rotatable bonds is 7. The third-order valence-electron chi connectivity index (χ3n) is 5.19. The Kier molecular flexibility index (Phi) is 7.18. The van der Waals surface area contributed by atoms with Crippen molar-refractivity contribution >= 4 is 40.8 Å². The predicted octanol–water partition coefficient (Wildman–Crippen LogP) is 6.55. The number of benzene rings is 4. The average Bonchev–Trinajstić information content (AvgIpc) is 2.85. The molecule has 8 heteroatoms. The Bertz CT molecular complexity index is 1400. The van der Waals surface area contributed by atoms with Gasteiger partial charge in [0.1, 0.15) is 0 Å². The maximum Gasteiger partial charge on any atom is 0.311 e. The molecule has 174 valence electrons. The SMILES string of the molecule is O=C(Nc1ccc(N=Cc2cc(Cc3ccccc3)cc([N+](=O)[O-])c2O)cc1)c1cccc(Cl)c1. The first kappa shape index (κ1) is 23.7. The summed E-state index contributed by atoms with van der Waals surface area (Å²) in [5.74, 6) is -0.739. The minimum Gasteiger partial charge on any atom is -0.502 e. The molecule has 0 aliphatic rings. The lowest BCUT2D eigenvalue weighted by Crippen LogP contribution is -2.11. The lowest BCUT2D eigenvalue weighted by atomic mass is 10.0. The Morgan fingerprint density at radius 3 is 2.40 bits per heavy atom. The van der Waals surface area contributed by atoms with Gasteiger partial charge in [0, 0.05) is 34.1 Å². The number of hydrogen-bond acceptors (Lipinski definition) is 5. The van der Waals surface area contributed by atoms with Crippen molar-refractivity contribution < 1.29 is 14.8 Å². The number of phenols is 1. The van der Waals surface area contributed by atoms with E-state index >= 15 is 0 Å². The molecule has 0 unspecified atom stereocenters. The van der Waals surface area contributed by atoms with Crippen LogP contribution in [-0.2, 0) is 6.42 Å². The molecule has 7 nitrogen and oxygen atoms in total. The number of nitro groups is 1. The molecule has 0 saturated heterocycles. The van der Waals surface area contributed by atoms with Gasteiger partial charge in [-0.15, -0.1) is 0 Å². The van der Waals surface area contributed by atoms with E-state index in [4.69, 9.17) is 11.6 Å². The topological polar surface area (TPSA) is 105 Å². The van der Waals surface area contributed by atoms with Gasteiger partial charge in [0.25, 0.3) is 5.91 Å². The van der Waals surface area contributed by atoms with E-state index in [2.05, 4.69) is 10.3 Å². The Balaban J connectivity index is 1.52. The smallest absolute Gasteiger partial charge is 0.311 e. The molecule has 0 radical (unpaired) electrons. The van der Waals surface area contributed by atoms with Crippen molar-refractivity contribution in [3.05, 3.63) is 128 Å². The van der Waals surface area contributed by atoms with E-state index in [0.29, 0.717) is 33.9 Å². The molecule has 2 N–H and O–H groups in total. The predicted molar refractivity (Wildman–Crippen MR) is 137 cm³/mol. The van der Waals surface area contributed by atoms with Crippen molar-refractivity contribution in [1.82, 2.24) is 0 Å². The maximum atomic E-state index is 12.4. The van der Waals surface area contributed by atoms with E-state index in [1.54, 1.807) is 54.6 Å². The molecular weight excluding hydrogens is 466 g/mol. The number of aliphatic imine (C=N–C) groups is 1. The molecule has 0 heterocycles. The molecule has 0 atom stereocenters. The summed E-state index contributed by atoms with van der Waals surface area (Å²) in [6.07, 6.45) is 1.86.